The van der Waals surface area contributed by atoms with E-state index in [1.807, 2.05) is 6.92 Å². The van der Waals surface area contributed by atoms with E-state index in [-0.39, 0.29) is 12.2 Å². The van der Waals surface area contributed by atoms with Gasteiger partial charge in [0, 0.05) is 18.8 Å². The van der Waals surface area contributed by atoms with Crippen LogP contribution in [0.3, 0.4) is 0 Å². The molecule has 0 aliphatic heterocycles. The van der Waals surface area contributed by atoms with Gasteiger partial charge >= 0.3 is 0 Å². The normalized spacial score (nSPS) is 10.5. The molecule has 1 aromatic heterocycles. The van der Waals surface area contributed by atoms with Crippen LogP contribution in [0.15, 0.2) is 17.1 Å². The number of aryl methyl sites for hydroxylation is 2. The zero-order valence-corrected chi connectivity index (χ0v) is 9.00. The number of pyridine rings is 1. The van der Waals surface area contributed by atoms with Crippen LogP contribution in [0.1, 0.15) is 24.8 Å². The molecule has 0 unspecified atom stereocenters. The van der Waals surface area contributed by atoms with Crippen molar-refractivity contribution >= 4 is 5.69 Å². The zero-order chi connectivity index (χ0) is 11.3. The minimum Gasteiger partial charge on any atom is -0.397 e. The second kappa shape index (κ2) is 5.53. The van der Waals surface area contributed by atoms with Crippen LogP contribution in [0.2, 0.25) is 0 Å². The second-order valence-corrected chi connectivity index (χ2v) is 3.69. The predicted molar refractivity (Wildman–Crippen MR) is 59.7 cm³/mol. The third-order valence-electron chi connectivity index (χ3n) is 2.41. The van der Waals surface area contributed by atoms with Gasteiger partial charge in [-0.15, -0.1) is 0 Å². The molecule has 0 bridgehead atoms. The van der Waals surface area contributed by atoms with Crippen molar-refractivity contribution in [1.82, 2.24) is 4.57 Å². The number of aromatic nitrogens is 1. The predicted octanol–water partition coefficient (Wildman–Crippen LogP) is 1.88. The number of halogens is 1. The van der Waals surface area contributed by atoms with Gasteiger partial charge in [-0.2, -0.15) is 0 Å². The molecule has 2 N–H and O–H groups in total. The molecule has 0 aliphatic carbocycles. The average molecular weight is 212 g/mol. The summed E-state index contributed by atoms with van der Waals surface area (Å²) in [5, 5.41) is 0. The highest BCUT2D eigenvalue weighted by Crippen LogP contribution is 2.06. The Morgan fingerprint density at radius 1 is 1.40 bits per heavy atom. The van der Waals surface area contributed by atoms with Crippen LogP contribution < -0.4 is 11.3 Å². The van der Waals surface area contributed by atoms with Crippen LogP contribution in [0.5, 0.6) is 0 Å². The fourth-order valence-electron chi connectivity index (χ4n) is 1.41. The maximum Gasteiger partial charge on any atom is 0.250 e. The van der Waals surface area contributed by atoms with Gasteiger partial charge in [0.2, 0.25) is 0 Å². The summed E-state index contributed by atoms with van der Waals surface area (Å²) < 4.78 is 13.4. The molecule has 0 saturated carbocycles. The molecule has 4 heteroatoms. The number of hydrogen-bond acceptors (Lipinski definition) is 2. The maximum absolute atomic E-state index is 11.8. The van der Waals surface area contributed by atoms with E-state index in [1.165, 1.54) is 6.07 Å². The molecule has 0 spiro atoms. The maximum atomic E-state index is 11.8. The molecule has 1 rings (SSSR count). The Labute approximate surface area is 88.7 Å². The van der Waals surface area contributed by atoms with E-state index in [4.69, 9.17) is 5.73 Å². The third-order valence-corrected chi connectivity index (χ3v) is 2.41. The number of rotatable bonds is 5. The first-order valence-corrected chi connectivity index (χ1v) is 5.17. The summed E-state index contributed by atoms with van der Waals surface area (Å²) in [6, 6.07) is 1.53. The van der Waals surface area contributed by atoms with Crippen LogP contribution in [-0.4, -0.2) is 11.2 Å². The Kier molecular flexibility index (Phi) is 4.34. The SMILES string of the molecule is Cc1cc(=O)n(CCCCCF)cc1N. The third kappa shape index (κ3) is 3.38. The minimum atomic E-state index is -0.287. The topological polar surface area (TPSA) is 48.0 Å². The van der Waals surface area contributed by atoms with E-state index in [1.54, 1.807) is 10.8 Å². The summed E-state index contributed by atoms with van der Waals surface area (Å²) in [5.41, 5.74) is 7.09. The largest absolute Gasteiger partial charge is 0.397 e. The Morgan fingerprint density at radius 3 is 2.80 bits per heavy atom. The molecule has 0 aliphatic rings. The lowest BCUT2D eigenvalue weighted by Gasteiger charge is -2.07. The molecular formula is C11H17FN2O. The molecule has 0 amide bonds. The molecule has 1 heterocycles. The molecule has 84 valence electrons. The lowest BCUT2D eigenvalue weighted by atomic mass is 10.2. The van der Waals surface area contributed by atoms with Gasteiger partial charge in [-0.1, -0.05) is 0 Å². The van der Waals surface area contributed by atoms with Gasteiger partial charge in [0.1, 0.15) is 0 Å². The molecule has 15 heavy (non-hydrogen) atoms. The van der Waals surface area contributed by atoms with Crippen LogP contribution in [-0.2, 0) is 6.54 Å². The molecule has 0 saturated heterocycles. The van der Waals surface area contributed by atoms with E-state index in [2.05, 4.69) is 0 Å². The number of unbranched alkanes of at least 4 members (excludes halogenated alkanes) is 2. The minimum absolute atomic E-state index is 0.0399. The van der Waals surface area contributed by atoms with Crippen molar-refractivity contribution in [3.05, 3.63) is 28.2 Å². The highest BCUT2D eigenvalue weighted by Gasteiger charge is 2.00. The van der Waals surface area contributed by atoms with Crippen LogP contribution in [0.25, 0.3) is 0 Å². The van der Waals surface area contributed by atoms with E-state index in [9.17, 15) is 9.18 Å². The number of alkyl halides is 1. The Bertz CT molecular complexity index is 373. The number of nitrogens with zero attached hydrogens (tertiary/aromatic N) is 1. The van der Waals surface area contributed by atoms with Crippen molar-refractivity contribution in [3.8, 4) is 0 Å². The van der Waals surface area contributed by atoms with Gasteiger partial charge in [0.25, 0.3) is 5.56 Å². The van der Waals surface area contributed by atoms with Crippen molar-refractivity contribution in [2.75, 3.05) is 12.4 Å². The van der Waals surface area contributed by atoms with E-state index in [0.717, 1.165) is 18.4 Å². The Hall–Kier alpha value is -1.32. The number of nitrogens with two attached hydrogens (primary N) is 1. The summed E-state index contributed by atoms with van der Waals surface area (Å²) in [4.78, 5) is 11.5. The van der Waals surface area contributed by atoms with E-state index >= 15 is 0 Å². The van der Waals surface area contributed by atoms with E-state index in [0.29, 0.717) is 18.7 Å². The van der Waals surface area contributed by atoms with Crippen molar-refractivity contribution in [1.29, 1.82) is 0 Å². The van der Waals surface area contributed by atoms with Gasteiger partial charge in [-0.25, -0.2) is 0 Å². The lowest BCUT2D eigenvalue weighted by molar-refractivity contribution is 0.446. The summed E-state index contributed by atoms with van der Waals surface area (Å²) in [5.74, 6) is 0. The van der Waals surface area contributed by atoms with Gasteiger partial charge in [0.15, 0.2) is 0 Å². The first kappa shape index (κ1) is 11.8. The molecular weight excluding hydrogens is 195 g/mol. The van der Waals surface area contributed by atoms with Gasteiger partial charge in [-0.3, -0.25) is 9.18 Å². The van der Waals surface area contributed by atoms with Gasteiger partial charge in [0.05, 0.1) is 12.4 Å². The summed E-state index contributed by atoms with van der Waals surface area (Å²) >= 11 is 0. The fraction of sp³-hybridized carbons (Fsp3) is 0.545. The molecule has 1 aromatic rings. The molecule has 0 radical (unpaired) electrons. The average Bonchev–Trinajstić information content (AvgIpc) is 2.20. The van der Waals surface area contributed by atoms with Crippen molar-refractivity contribution < 1.29 is 4.39 Å². The summed E-state index contributed by atoms with van der Waals surface area (Å²) in [6.45, 7) is 2.14. The highest BCUT2D eigenvalue weighted by atomic mass is 19.1. The standard InChI is InChI=1S/C11H17FN2O/c1-9-7-11(15)14(8-10(9)13)6-4-2-3-5-12/h7-8H,2-6,13H2,1H3. The number of hydrogen-bond donors (Lipinski definition) is 1. The van der Waals surface area contributed by atoms with E-state index < -0.39 is 0 Å². The number of nitrogen functional groups attached to an aromatic ring is 1. The van der Waals surface area contributed by atoms with Gasteiger partial charge < -0.3 is 10.3 Å². The first-order chi connectivity index (χ1) is 7.15. The van der Waals surface area contributed by atoms with Crippen LogP contribution in [0.4, 0.5) is 10.1 Å². The zero-order valence-electron chi connectivity index (χ0n) is 9.00. The smallest absolute Gasteiger partial charge is 0.250 e. The first-order valence-electron chi connectivity index (χ1n) is 5.17. The van der Waals surface area contributed by atoms with Crippen molar-refractivity contribution in [2.24, 2.45) is 0 Å². The van der Waals surface area contributed by atoms with Crippen LogP contribution in [0, 0.1) is 6.92 Å². The summed E-state index contributed by atoms with van der Waals surface area (Å²) in [6.07, 6.45) is 3.84. The Morgan fingerprint density at radius 2 is 2.13 bits per heavy atom. The molecule has 3 nitrogen and oxygen atoms in total. The number of anilines is 1. The monoisotopic (exact) mass is 212 g/mol. The van der Waals surface area contributed by atoms with Gasteiger partial charge in [-0.05, 0) is 31.7 Å². The van der Waals surface area contributed by atoms with Crippen LogP contribution >= 0.6 is 0 Å². The van der Waals surface area contributed by atoms with Crippen molar-refractivity contribution in [3.63, 3.8) is 0 Å². The molecule has 0 atom stereocenters. The quantitative estimate of drug-likeness (QED) is 0.757. The second-order valence-electron chi connectivity index (χ2n) is 3.69. The molecule has 0 fully saturated rings. The molecule has 0 aromatic carbocycles. The van der Waals surface area contributed by atoms with Crippen molar-refractivity contribution in [2.45, 2.75) is 32.7 Å². The Balaban J connectivity index is 2.61. The fourth-order valence-corrected chi connectivity index (χ4v) is 1.41. The highest BCUT2D eigenvalue weighted by molar-refractivity contribution is 5.42. The lowest BCUT2D eigenvalue weighted by Crippen LogP contribution is -2.20. The summed E-state index contributed by atoms with van der Waals surface area (Å²) in [7, 11) is 0.